The Morgan fingerprint density at radius 2 is 2.00 bits per heavy atom. The number of aromatic nitrogens is 2. The lowest BCUT2D eigenvalue weighted by molar-refractivity contribution is -0.0533. The van der Waals surface area contributed by atoms with E-state index < -0.39 is 0 Å². The first-order valence-corrected chi connectivity index (χ1v) is 15.0. The predicted octanol–water partition coefficient (Wildman–Crippen LogP) is 5.72. The van der Waals surface area contributed by atoms with Crippen molar-refractivity contribution >= 4 is 16.6 Å². The van der Waals surface area contributed by atoms with Crippen LogP contribution < -0.4 is 5.32 Å². The van der Waals surface area contributed by atoms with E-state index in [0.29, 0.717) is 0 Å². The normalized spacial score (nSPS) is 22.9. The van der Waals surface area contributed by atoms with Crippen LogP contribution in [0.25, 0.3) is 16.6 Å². The van der Waals surface area contributed by atoms with Gasteiger partial charge in [-0.25, -0.2) is 0 Å². The molecule has 1 saturated carbocycles. The van der Waals surface area contributed by atoms with Crippen LogP contribution >= 0.6 is 0 Å². The first-order valence-electron chi connectivity index (χ1n) is 15.0. The molecule has 3 heterocycles. The number of fused-ring (bicyclic) bond motifs is 1. The van der Waals surface area contributed by atoms with Crippen LogP contribution in [-0.4, -0.2) is 78.5 Å². The minimum absolute atomic E-state index is 0.0925. The van der Waals surface area contributed by atoms with Crippen molar-refractivity contribution < 1.29 is 4.74 Å². The van der Waals surface area contributed by atoms with Crippen LogP contribution in [-0.2, 0) is 10.2 Å². The highest BCUT2D eigenvalue weighted by atomic mass is 16.5. The topological polar surface area (TPSA) is 56.4 Å². The summed E-state index contributed by atoms with van der Waals surface area (Å²) in [5.41, 5.74) is 4.57. The van der Waals surface area contributed by atoms with Gasteiger partial charge in [0.2, 0.25) is 0 Å². The summed E-state index contributed by atoms with van der Waals surface area (Å²) >= 11 is 0. The fourth-order valence-electron chi connectivity index (χ4n) is 6.63. The molecule has 6 nitrogen and oxygen atoms in total. The fraction of sp³-hybridized carbons (Fsp3) is 0.656. The number of H-pyrrole nitrogens is 1. The zero-order valence-corrected chi connectivity index (χ0v) is 24.0. The summed E-state index contributed by atoms with van der Waals surface area (Å²) < 4.78 is 5.61. The SMILES string of the molecule is C=C(NCC1(N2CCOCC2)CCC1)c1ccc2[nH]nc(C(C)(/C=C\CCC3CCN(C)CC3)CC)c2c1. The summed E-state index contributed by atoms with van der Waals surface area (Å²) in [6.07, 6.45) is 14.8. The maximum atomic E-state index is 5.61. The van der Waals surface area contributed by atoms with Gasteiger partial charge in [-0.05, 0) is 95.1 Å². The molecule has 0 radical (unpaired) electrons. The molecular weight excluding hydrogens is 470 g/mol. The highest BCUT2D eigenvalue weighted by Crippen LogP contribution is 2.38. The monoisotopic (exact) mass is 519 g/mol. The highest BCUT2D eigenvalue weighted by Gasteiger charge is 2.42. The van der Waals surface area contributed by atoms with Gasteiger partial charge in [0.1, 0.15) is 0 Å². The maximum absolute atomic E-state index is 5.61. The molecule has 2 saturated heterocycles. The lowest BCUT2D eigenvalue weighted by Gasteiger charge is -2.52. The van der Waals surface area contributed by atoms with Crippen LogP contribution in [0.15, 0.2) is 36.9 Å². The predicted molar refractivity (Wildman–Crippen MR) is 158 cm³/mol. The van der Waals surface area contributed by atoms with E-state index in [1.165, 1.54) is 57.0 Å². The smallest absolute Gasteiger partial charge is 0.0797 e. The Morgan fingerprint density at radius 1 is 1.24 bits per heavy atom. The van der Waals surface area contributed by atoms with Crippen LogP contribution in [0.2, 0.25) is 0 Å². The number of benzene rings is 1. The zero-order valence-electron chi connectivity index (χ0n) is 24.0. The van der Waals surface area contributed by atoms with Crippen LogP contribution in [0, 0.1) is 5.92 Å². The molecule has 5 rings (SSSR count). The van der Waals surface area contributed by atoms with Crippen molar-refractivity contribution in [3.63, 3.8) is 0 Å². The third-order valence-corrected chi connectivity index (χ3v) is 9.85. The number of allylic oxidation sites excluding steroid dienone is 2. The van der Waals surface area contributed by atoms with Gasteiger partial charge in [-0.2, -0.15) is 5.10 Å². The number of nitrogens with one attached hydrogen (secondary N) is 2. The molecule has 1 atom stereocenters. The Bertz CT molecular complexity index is 1100. The minimum atomic E-state index is -0.0925. The first kappa shape index (κ1) is 27.4. The summed E-state index contributed by atoms with van der Waals surface area (Å²) in [4.78, 5) is 5.10. The molecule has 0 amide bonds. The lowest BCUT2D eigenvalue weighted by Crippen LogP contribution is -2.61. The molecule has 0 spiro atoms. The number of ether oxygens (including phenoxy) is 1. The van der Waals surface area contributed by atoms with Gasteiger partial charge in [0.05, 0.1) is 24.4 Å². The van der Waals surface area contributed by atoms with Crippen LogP contribution in [0.5, 0.6) is 0 Å². The second-order valence-electron chi connectivity index (χ2n) is 12.3. The second-order valence-corrected chi connectivity index (χ2v) is 12.3. The Hall–Kier alpha value is -2.15. The number of morpholine rings is 1. The van der Waals surface area contributed by atoms with Crippen LogP contribution in [0.3, 0.4) is 0 Å². The number of hydrogen-bond acceptors (Lipinski definition) is 5. The van der Waals surface area contributed by atoms with Gasteiger partial charge in [-0.15, -0.1) is 0 Å². The van der Waals surface area contributed by atoms with Gasteiger partial charge in [0, 0.05) is 41.7 Å². The van der Waals surface area contributed by atoms with E-state index >= 15 is 0 Å². The third-order valence-electron chi connectivity index (χ3n) is 9.85. The van der Waals surface area contributed by atoms with Gasteiger partial charge in [0.15, 0.2) is 0 Å². The summed E-state index contributed by atoms with van der Waals surface area (Å²) in [6, 6.07) is 6.61. The van der Waals surface area contributed by atoms with Gasteiger partial charge in [0.25, 0.3) is 0 Å². The average molecular weight is 520 g/mol. The van der Waals surface area contributed by atoms with E-state index in [4.69, 9.17) is 9.84 Å². The molecule has 3 fully saturated rings. The third kappa shape index (κ3) is 5.88. The Kier molecular flexibility index (Phi) is 8.61. The molecule has 1 aromatic carbocycles. The Balaban J connectivity index is 1.25. The van der Waals surface area contributed by atoms with Gasteiger partial charge in [-0.3, -0.25) is 10.00 Å². The lowest BCUT2D eigenvalue weighted by atomic mass is 9.74. The van der Waals surface area contributed by atoms with Crippen LogP contribution in [0.4, 0.5) is 0 Å². The molecule has 2 N–H and O–H groups in total. The van der Waals surface area contributed by atoms with Gasteiger partial charge >= 0.3 is 0 Å². The Morgan fingerprint density at radius 3 is 2.68 bits per heavy atom. The molecular formula is C32H49N5O. The van der Waals surface area contributed by atoms with Crippen molar-refractivity contribution in [3.8, 4) is 0 Å². The fourth-order valence-corrected chi connectivity index (χ4v) is 6.63. The number of aromatic amines is 1. The second kappa shape index (κ2) is 11.9. The summed E-state index contributed by atoms with van der Waals surface area (Å²) in [7, 11) is 2.24. The van der Waals surface area contributed by atoms with Crippen molar-refractivity contribution in [2.24, 2.45) is 5.92 Å². The van der Waals surface area contributed by atoms with Crippen molar-refractivity contribution in [2.45, 2.75) is 76.2 Å². The minimum Gasteiger partial charge on any atom is -0.383 e. The number of hydrogen-bond donors (Lipinski definition) is 2. The molecule has 6 heteroatoms. The molecule has 3 aliphatic rings. The molecule has 2 aromatic rings. The number of nitrogens with zero attached hydrogens (tertiary/aromatic N) is 3. The van der Waals surface area contributed by atoms with E-state index in [1.807, 2.05) is 0 Å². The van der Waals surface area contributed by atoms with E-state index in [9.17, 15) is 0 Å². The largest absolute Gasteiger partial charge is 0.383 e. The van der Waals surface area contributed by atoms with Crippen molar-refractivity contribution in [3.05, 3.63) is 48.2 Å². The standard InChI is InChI=1S/C32H49N5O/c1-5-31(3,14-7-6-9-26-12-17-36(4)18-13-26)30-28-23-27(10-11-29(28)34-35-30)25(2)33-24-32(15-8-16-32)37-19-21-38-22-20-37/h7,10-11,14,23,26,33H,2,5-6,8-9,12-13,15-22,24H2,1,3-4H3,(H,34,35)/b14-7-. The summed E-state index contributed by atoms with van der Waals surface area (Å²) in [5, 5.41) is 13.1. The molecule has 0 bridgehead atoms. The summed E-state index contributed by atoms with van der Waals surface area (Å²) in [5.74, 6) is 0.873. The summed E-state index contributed by atoms with van der Waals surface area (Å²) in [6.45, 7) is 16.3. The van der Waals surface area contributed by atoms with E-state index in [0.717, 1.165) is 74.1 Å². The van der Waals surface area contributed by atoms with Crippen molar-refractivity contribution in [2.75, 3.05) is 53.0 Å². The molecule has 38 heavy (non-hydrogen) atoms. The molecule has 1 unspecified atom stereocenters. The number of piperidine rings is 1. The number of rotatable bonds is 11. The highest BCUT2D eigenvalue weighted by molar-refractivity contribution is 5.86. The molecule has 1 aromatic heterocycles. The first-order chi connectivity index (χ1) is 18.4. The molecule has 2 aliphatic heterocycles. The Labute approximate surface area is 229 Å². The number of likely N-dealkylation sites (tertiary alicyclic amines) is 1. The van der Waals surface area contributed by atoms with Crippen molar-refractivity contribution in [1.29, 1.82) is 0 Å². The average Bonchev–Trinajstić information content (AvgIpc) is 3.36. The molecule has 208 valence electrons. The van der Waals surface area contributed by atoms with Crippen LogP contribution in [0.1, 0.15) is 76.5 Å². The maximum Gasteiger partial charge on any atom is 0.0797 e. The van der Waals surface area contributed by atoms with Crippen molar-refractivity contribution in [1.82, 2.24) is 25.3 Å². The van der Waals surface area contributed by atoms with E-state index in [1.54, 1.807) is 0 Å². The quantitative estimate of drug-likeness (QED) is 0.372. The zero-order chi connectivity index (χ0) is 26.6. The van der Waals surface area contributed by atoms with E-state index in [-0.39, 0.29) is 11.0 Å². The van der Waals surface area contributed by atoms with Gasteiger partial charge < -0.3 is 15.0 Å². The van der Waals surface area contributed by atoms with Gasteiger partial charge in [-0.1, -0.05) is 38.6 Å². The molecule has 1 aliphatic carbocycles. The van der Waals surface area contributed by atoms with E-state index in [2.05, 4.69) is 78.0 Å².